The number of hydrogen-bond donors (Lipinski definition) is 3. The molecule has 0 aliphatic rings. The Bertz CT molecular complexity index is 735. The van der Waals surface area contributed by atoms with Crippen molar-refractivity contribution in [1.29, 1.82) is 0 Å². The molecule has 0 bridgehead atoms. The van der Waals surface area contributed by atoms with E-state index in [1.807, 2.05) is 31.2 Å². The fourth-order valence-electron chi connectivity index (χ4n) is 2.79. The zero-order valence-corrected chi connectivity index (χ0v) is 19.4. The van der Waals surface area contributed by atoms with Crippen LogP contribution in [-0.4, -0.2) is 37.8 Å². The fourth-order valence-corrected chi connectivity index (χ4v) is 2.79. The molecule has 0 aliphatic carbocycles. The van der Waals surface area contributed by atoms with Gasteiger partial charge in [0.2, 0.25) is 0 Å². The minimum absolute atomic E-state index is 0. The van der Waals surface area contributed by atoms with Gasteiger partial charge in [-0.3, -0.25) is 4.99 Å². The topological polar surface area (TPSA) is 65.9 Å². The molecule has 0 heterocycles. The minimum atomic E-state index is -0.617. The lowest BCUT2D eigenvalue weighted by Gasteiger charge is -2.17. The van der Waals surface area contributed by atoms with Crippen LogP contribution in [0.15, 0.2) is 53.5 Å². The van der Waals surface area contributed by atoms with Crippen molar-refractivity contribution in [2.75, 3.05) is 26.7 Å². The van der Waals surface area contributed by atoms with Crippen LogP contribution in [0.1, 0.15) is 42.6 Å². The van der Waals surface area contributed by atoms with Gasteiger partial charge in [0, 0.05) is 25.6 Å². The molecule has 2 aromatic rings. The Morgan fingerprint density at radius 1 is 1.11 bits per heavy atom. The van der Waals surface area contributed by atoms with E-state index in [1.54, 1.807) is 7.11 Å². The predicted octanol–water partition coefficient (Wildman–Crippen LogP) is 4.01. The minimum Gasteiger partial charge on any atom is -0.497 e. The van der Waals surface area contributed by atoms with Gasteiger partial charge in [-0.15, -0.1) is 24.0 Å². The number of hydrogen-bond acceptors (Lipinski definition) is 3. The standard InChI is InChI=1S/C22H31N3O2.HI/c1-5-23-22(24-14-17(3)19-8-6-7-16(2)13-19)25-15-21(26)18-9-11-20(27-4)12-10-18;/h6-13,17,21,26H,5,14-15H2,1-4H3,(H2,23,24,25);1H. The predicted molar refractivity (Wildman–Crippen MR) is 127 cm³/mol. The number of aliphatic imine (C=N–C) groups is 1. The van der Waals surface area contributed by atoms with Crippen LogP contribution < -0.4 is 15.4 Å². The highest BCUT2D eigenvalue weighted by atomic mass is 127. The summed E-state index contributed by atoms with van der Waals surface area (Å²) in [6, 6.07) is 16.0. The van der Waals surface area contributed by atoms with Crippen LogP contribution in [0.5, 0.6) is 5.75 Å². The van der Waals surface area contributed by atoms with Crippen LogP contribution in [0.3, 0.4) is 0 Å². The van der Waals surface area contributed by atoms with E-state index in [0.29, 0.717) is 25.0 Å². The fraction of sp³-hybridized carbons (Fsp3) is 0.409. The van der Waals surface area contributed by atoms with E-state index < -0.39 is 6.10 Å². The van der Waals surface area contributed by atoms with Crippen LogP contribution >= 0.6 is 24.0 Å². The Morgan fingerprint density at radius 2 is 1.82 bits per heavy atom. The largest absolute Gasteiger partial charge is 0.497 e. The van der Waals surface area contributed by atoms with Gasteiger partial charge in [0.1, 0.15) is 5.75 Å². The summed E-state index contributed by atoms with van der Waals surface area (Å²) in [4.78, 5) is 4.68. The Labute approximate surface area is 185 Å². The smallest absolute Gasteiger partial charge is 0.191 e. The molecular weight excluding hydrogens is 465 g/mol. The molecule has 0 amide bonds. The Kier molecular flexibility index (Phi) is 10.9. The molecule has 154 valence electrons. The number of guanidine groups is 1. The third-order valence-electron chi connectivity index (χ3n) is 4.44. The lowest BCUT2D eigenvalue weighted by molar-refractivity contribution is 0.180. The summed E-state index contributed by atoms with van der Waals surface area (Å²) >= 11 is 0. The van der Waals surface area contributed by atoms with Gasteiger partial charge in [0.05, 0.1) is 13.2 Å². The van der Waals surface area contributed by atoms with Gasteiger partial charge in [-0.1, -0.05) is 48.9 Å². The van der Waals surface area contributed by atoms with Crippen molar-refractivity contribution < 1.29 is 9.84 Å². The van der Waals surface area contributed by atoms with Crippen LogP contribution in [0, 0.1) is 6.92 Å². The molecule has 2 unspecified atom stereocenters. The molecule has 0 saturated heterocycles. The molecule has 28 heavy (non-hydrogen) atoms. The number of rotatable bonds is 8. The van der Waals surface area contributed by atoms with E-state index in [-0.39, 0.29) is 24.0 Å². The Morgan fingerprint density at radius 3 is 2.43 bits per heavy atom. The molecule has 2 rings (SSSR count). The van der Waals surface area contributed by atoms with Gasteiger partial charge in [-0.25, -0.2) is 0 Å². The van der Waals surface area contributed by atoms with E-state index in [2.05, 4.69) is 53.7 Å². The van der Waals surface area contributed by atoms with E-state index in [1.165, 1.54) is 11.1 Å². The monoisotopic (exact) mass is 497 g/mol. The highest BCUT2D eigenvalue weighted by molar-refractivity contribution is 14.0. The zero-order chi connectivity index (χ0) is 19.6. The molecule has 0 fully saturated rings. The summed E-state index contributed by atoms with van der Waals surface area (Å²) in [5, 5.41) is 16.9. The summed E-state index contributed by atoms with van der Waals surface area (Å²) < 4.78 is 5.15. The lowest BCUT2D eigenvalue weighted by Crippen LogP contribution is -2.39. The molecule has 0 saturated carbocycles. The second-order valence-electron chi connectivity index (χ2n) is 6.70. The average molecular weight is 497 g/mol. The van der Waals surface area contributed by atoms with E-state index in [9.17, 15) is 5.11 Å². The first-order valence-corrected chi connectivity index (χ1v) is 9.44. The van der Waals surface area contributed by atoms with Crippen molar-refractivity contribution in [1.82, 2.24) is 10.6 Å². The van der Waals surface area contributed by atoms with Gasteiger partial charge in [0.25, 0.3) is 0 Å². The molecule has 0 radical (unpaired) electrons. The summed E-state index contributed by atoms with van der Waals surface area (Å²) in [7, 11) is 1.63. The summed E-state index contributed by atoms with van der Waals surface area (Å²) in [6.07, 6.45) is -0.617. The van der Waals surface area contributed by atoms with Crippen molar-refractivity contribution in [2.24, 2.45) is 4.99 Å². The zero-order valence-electron chi connectivity index (χ0n) is 17.1. The first kappa shape index (κ1) is 24.2. The maximum absolute atomic E-state index is 10.4. The van der Waals surface area contributed by atoms with E-state index in [4.69, 9.17) is 4.74 Å². The van der Waals surface area contributed by atoms with Gasteiger partial charge >= 0.3 is 0 Å². The molecule has 5 nitrogen and oxygen atoms in total. The van der Waals surface area contributed by atoms with Crippen LogP contribution in [0.4, 0.5) is 0 Å². The highest BCUT2D eigenvalue weighted by Crippen LogP contribution is 2.18. The normalized spacial score (nSPS) is 13.2. The maximum Gasteiger partial charge on any atom is 0.191 e. The molecule has 2 atom stereocenters. The number of benzene rings is 2. The van der Waals surface area contributed by atoms with Crippen molar-refractivity contribution in [3.05, 3.63) is 65.2 Å². The second-order valence-corrected chi connectivity index (χ2v) is 6.70. The molecule has 6 heteroatoms. The molecule has 0 spiro atoms. The van der Waals surface area contributed by atoms with Gasteiger partial charge in [-0.05, 0) is 37.1 Å². The van der Waals surface area contributed by atoms with Crippen LogP contribution in [-0.2, 0) is 0 Å². The number of halogens is 1. The molecular formula is C22H32IN3O2. The van der Waals surface area contributed by atoms with Crippen LogP contribution in [0.2, 0.25) is 0 Å². The number of aliphatic hydroxyl groups is 1. The number of nitrogens with zero attached hydrogens (tertiary/aromatic N) is 1. The quantitative estimate of drug-likeness (QED) is 0.293. The second kappa shape index (κ2) is 12.6. The molecule has 3 N–H and O–H groups in total. The first-order chi connectivity index (χ1) is 13.0. The van der Waals surface area contributed by atoms with E-state index in [0.717, 1.165) is 17.9 Å². The maximum atomic E-state index is 10.4. The third kappa shape index (κ3) is 7.67. The summed E-state index contributed by atoms with van der Waals surface area (Å²) in [5.41, 5.74) is 3.39. The first-order valence-electron chi connectivity index (χ1n) is 9.44. The number of nitrogens with one attached hydrogen (secondary N) is 2. The van der Waals surface area contributed by atoms with Crippen molar-refractivity contribution in [2.45, 2.75) is 32.8 Å². The summed E-state index contributed by atoms with van der Waals surface area (Å²) in [5.74, 6) is 1.82. The third-order valence-corrected chi connectivity index (χ3v) is 4.44. The molecule has 0 aromatic heterocycles. The van der Waals surface area contributed by atoms with Gasteiger partial charge in [-0.2, -0.15) is 0 Å². The molecule has 0 aliphatic heterocycles. The SMILES string of the molecule is CCNC(=NCC(C)c1cccc(C)c1)NCC(O)c1ccc(OC)cc1.I. The highest BCUT2D eigenvalue weighted by Gasteiger charge is 2.10. The van der Waals surface area contributed by atoms with E-state index >= 15 is 0 Å². The Hall–Kier alpha value is -1.80. The number of methoxy groups -OCH3 is 1. The average Bonchev–Trinajstić information content (AvgIpc) is 2.69. The van der Waals surface area contributed by atoms with Crippen molar-refractivity contribution in [3.63, 3.8) is 0 Å². The summed E-state index contributed by atoms with van der Waals surface area (Å²) in [6.45, 7) is 8.14. The Balaban J connectivity index is 0.00000392. The van der Waals surface area contributed by atoms with Gasteiger partial charge < -0.3 is 20.5 Å². The van der Waals surface area contributed by atoms with Crippen LogP contribution in [0.25, 0.3) is 0 Å². The number of aryl methyl sites for hydroxylation is 1. The lowest BCUT2D eigenvalue weighted by atomic mass is 10.00. The van der Waals surface area contributed by atoms with Crippen molar-refractivity contribution in [3.8, 4) is 5.75 Å². The van der Waals surface area contributed by atoms with Gasteiger partial charge in [0.15, 0.2) is 5.96 Å². The number of aliphatic hydroxyl groups excluding tert-OH is 1. The number of ether oxygens (including phenoxy) is 1. The van der Waals surface area contributed by atoms with Crippen molar-refractivity contribution >= 4 is 29.9 Å². The molecule has 2 aromatic carbocycles.